The lowest BCUT2D eigenvalue weighted by Crippen LogP contribution is -2.58. The van der Waals surface area contributed by atoms with Crippen LogP contribution in [-0.4, -0.2) is 69.9 Å². The zero-order valence-electron chi connectivity index (χ0n) is 20.0. The summed E-state index contributed by atoms with van der Waals surface area (Å²) in [7, 11) is 0. The fourth-order valence-corrected chi connectivity index (χ4v) is 2.96. The number of nitrogens with two attached hydrogens (primary N) is 2. The van der Waals surface area contributed by atoms with Crippen molar-refractivity contribution < 1.29 is 39.0 Å². The van der Waals surface area contributed by atoms with Gasteiger partial charge in [0.15, 0.2) is 0 Å². The lowest BCUT2D eigenvalue weighted by Gasteiger charge is -2.25. The molecule has 0 fully saturated rings. The van der Waals surface area contributed by atoms with Crippen LogP contribution < -0.4 is 27.4 Å². The fourth-order valence-electron chi connectivity index (χ4n) is 2.96. The summed E-state index contributed by atoms with van der Waals surface area (Å²) in [6.07, 6.45) is -0.770. The van der Waals surface area contributed by atoms with Crippen LogP contribution in [0.5, 0.6) is 0 Å². The fraction of sp³-hybridized carbons (Fsp3) is 0.714. The second-order valence-corrected chi connectivity index (χ2v) is 8.67. The molecule has 0 spiro atoms. The van der Waals surface area contributed by atoms with Crippen molar-refractivity contribution in [3.63, 3.8) is 0 Å². The molecule has 0 saturated carbocycles. The number of carbonyl (C=O) groups excluding carboxylic acids is 4. The second kappa shape index (κ2) is 14.8. The number of rotatable bonds is 16. The smallest absolute Gasteiger partial charge is 0.326 e. The van der Waals surface area contributed by atoms with Crippen LogP contribution in [0.3, 0.4) is 0 Å². The van der Waals surface area contributed by atoms with Crippen molar-refractivity contribution >= 4 is 35.6 Å². The Kier molecular flexibility index (Phi) is 13.4. The lowest BCUT2D eigenvalue weighted by atomic mass is 9.98. The van der Waals surface area contributed by atoms with Crippen molar-refractivity contribution in [2.75, 3.05) is 0 Å². The van der Waals surface area contributed by atoms with Gasteiger partial charge < -0.3 is 37.6 Å². The summed E-state index contributed by atoms with van der Waals surface area (Å²) < 4.78 is 0. The minimum atomic E-state index is -1.47. The monoisotopic (exact) mass is 487 g/mol. The molecular weight excluding hydrogens is 450 g/mol. The van der Waals surface area contributed by atoms with Crippen LogP contribution in [0.4, 0.5) is 0 Å². The molecule has 0 rings (SSSR count). The average molecular weight is 488 g/mol. The average Bonchev–Trinajstić information content (AvgIpc) is 2.73. The number of carboxylic acids is 2. The molecule has 9 N–H and O–H groups in total. The van der Waals surface area contributed by atoms with Gasteiger partial charge in [-0.3, -0.25) is 24.0 Å². The van der Waals surface area contributed by atoms with Gasteiger partial charge >= 0.3 is 11.9 Å². The summed E-state index contributed by atoms with van der Waals surface area (Å²) in [6, 6.07) is -5.13. The third kappa shape index (κ3) is 11.6. The molecule has 0 heterocycles. The van der Waals surface area contributed by atoms with Gasteiger partial charge in [-0.15, -0.1) is 0 Å². The van der Waals surface area contributed by atoms with E-state index in [0.717, 1.165) is 0 Å². The molecule has 4 amide bonds. The first-order chi connectivity index (χ1) is 15.7. The van der Waals surface area contributed by atoms with Crippen molar-refractivity contribution in [2.45, 2.75) is 84.0 Å². The van der Waals surface area contributed by atoms with Gasteiger partial charge in [-0.05, 0) is 24.7 Å². The largest absolute Gasteiger partial charge is 0.481 e. The van der Waals surface area contributed by atoms with E-state index in [1.807, 2.05) is 6.92 Å². The lowest BCUT2D eigenvalue weighted by molar-refractivity contribution is -0.143. The summed E-state index contributed by atoms with van der Waals surface area (Å²) in [5.74, 6) is -6.32. The Bertz CT molecular complexity index is 757. The Morgan fingerprint density at radius 1 is 0.824 bits per heavy atom. The summed E-state index contributed by atoms with van der Waals surface area (Å²) in [5, 5.41) is 25.3. The maximum atomic E-state index is 12.8. The molecule has 5 unspecified atom stereocenters. The summed E-state index contributed by atoms with van der Waals surface area (Å²) in [6.45, 7) is 7.07. The van der Waals surface area contributed by atoms with Crippen molar-refractivity contribution in [3.8, 4) is 0 Å². The van der Waals surface area contributed by atoms with E-state index in [0.29, 0.717) is 6.42 Å². The van der Waals surface area contributed by atoms with Crippen molar-refractivity contribution in [1.82, 2.24) is 16.0 Å². The van der Waals surface area contributed by atoms with Gasteiger partial charge in [-0.1, -0.05) is 34.1 Å². The van der Waals surface area contributed by atoms with Crippen molar-refractivity contribution in [1.29, 1.82) is 0 Å². The van der Waals surface area contributed by atoms with Crippen LogP contribution in [0, 0.1) is 11.8 Å². The molecule has 0 aromatic rings. The first-order valence-electron chi connectivity index (χ1n) is 11.1. The molecule has 0 aliphatic heterocycles. The van der Waals surface area contributed by atoms with E-state index in [1.54, 1.807) is 20.8 Å². The molecular formula is C21H37N5O8. The maximum absolute atomic E-state index is 12.8. The molecule has 0 aromatic heterocycles. The number of amides is 4. The van der Waals surface area contributed by atoms with Gasteiger partial charge in [0.25, 0.3) is 0 Å². The topological polar surface area (TPSA) is 231 Å². The molecule has 34 heavy (non-hydrogen) atoms. The Morgan fingerprint density at radius 2 is 1.32 bits per heavy atom. The number of primary amides is 1. The first-order valence-corrected chi connectivity index (χ1v) is 11.1. The van der Waals surface area contributed by atoms with E-state index in [9.17, 15) is 33.9 Å². The van der Waals surface area contributed by atoms with Gasteiger partial charge in [0.05, 0.1) is 12.5 Å². The Balaban J connectivity index is 5.63. The highest BCUT2D eigenvalue weighted by Gasteiger charge is 2.32. The highest BCUT2D eigenvalue weighted by Crippen LogP contribution is 2.09. The number of hydrogen-bond acceptors (Lipinski definition) is 7. The van der Waals surface area contributed by atoms with Gasteiger partial charge in [0, 0.05) is 6.42 Å². The predicted molar refractivity (Wildman–Crippen MR) is 121 cm³/mol. The molecule has 13 heteroatoms. The van der Waals surface area contributed by atoms with Gasteiger partial charge in [-0.25, -0.2) is 4.79 Å². The molecule has 5 atom stereocenters. The zero-order chi connectivity index (χ0) is 26.6. The van der Waals surface area contributed by atoms with Crippen LogP contribution in [0.25, 0.3) is 0 Å². The second-order valence-electron chi connectivity index (χ2n) is 8.67. The number of aliphatic carboxylic acids is 2. The van der Waals surface area contributed by atoms with E-state index in [1.165, 1.54) is 0 Å². The summed E-state index contributed by atoms with van der Waals surface area (Å²) >= 11 is 0. The third-order valence-electron chi connectivity index (χ3n) is 5.20. The highest BCUT2D eigenvalue weighted by molar-refractivity contribution is 5.96. The van der Waals surface area contributed by atoms with Gasteiger partial charge in [-0.2, -0.15) is 0 Å². The highest BCUT2D eigenvalue weighted by atomic mass is 16.4. The SMILES string of the molecule is CCC(C)C(N)C(=O)NC(CC(N)=O)C(=O)NC(CCC(=O)O)C(=O)NC(CC(C)C)C(=O)O. The van der Waals surface area contributed by atoms with Gasteiger partial charge in [0.2, 0.25) is 23.6 Å². The molecule has 194 valence electrons. The maximum Gasteiger partial charge on any atom is 0.326 e. The predicted octanol–water partition coefficient (Wildman–Crippen LogP) is -1.31. The standard InChI is InChI=1S/C21H37N5O8/c1-5-11(4)17(23)20(32)25-13(9-15(22)27)19(31)24-12(6-7-16(28)29)18(30)26-14(21(33)34)8-10(2)3/h10-14,17H,5-9,23H2,1-4H3,(H2,22,27)(H,24,31)(H,25,32)(H,26,30)(H,28,29)(H,33,34). The van der Waals surface area contributed by atoms with Crippen LogP contribution in [-0.2, 0) is 28.8 Å². The Hall–Kier alpha value is -3.22. The van der Waals surface area contributed by atoms with E-state index >= 15 is 0 Å². The Labute approximate surface area is 198 Å². The normalized spacial score (nSPS) is 15.4. The van der Waals surface area contributed by atoms with E-state index in [2.05, 4.69) is 16.0 Å². The molecule has 0 aromatic carbocycles. The minimum Gasteiger partial charge on any atom is -0.481 e. The summed E-state index contributed by atoms with van der Waals surface area (Å²) in [5.41, 5.74) is 11.0. The van der Waals surface area contributed by atoms with Crippen molar-refractivity contribution in [2.24, 2.45) is 23.3 Å². The Morgan fingerprint density at radius 3 is 1.76 bits per heavy atom. The van der Waals surface area contributed by atoms with Crippen LogP contribution in [0.2, 0.25) is 0 Å². The molecule has 13 nitrogen and oxygen atoms in total. The molecule has 0 saturated heterocycles. The van der Waals surface area contributed by atoms with Crippen molar-refractivity contribution in [3.05, 3.63) is 0 Å². The number of hydrogen-bond donors (Lipinski definition) is 7. The zero-order valence-corrected chi connectivity index (χ0v) is 20.0. The number of nitrogens with one attached hydrogen (secondary N) is 3. The number of carbonyl (C=O) groups is 6. The van der Waals surface area contributed by atoms with Crippen LogP contribution in [0.15, 0.2) is 0 Å². The molecule has 0 bridgehead atoms. The molecule has 0 radical (unpaired) electrons. The molecule has 0 aliphatic rings. The van der Waals surface area contributed by atoms with E-state index < -0.39 is 72.6 Å². The van der Waals surface area contributed by atoms with Gasteiger partial charge in [0.1, 0.15) is 18.1 Å². The van der Waals surface area contributed by atoms with Crippen LogP contribution in [0.1, 0.15) is 59.8 Å². The number of carboxylic acid groups (broad SMARTS) is 2. The van der Waals surface area contributed by atoms with Crippen LogP contribution >= 0.6 is 0 Å². The van der Waals surface area contributed by atoms with E-state index in [4.69, 9.17) is 16.6 Å². The first kappa shape index (κ1) is 30.8. The third-order valence-corrected chi connectivity index (χ3v) is 5.20. The molecule has 0 aliphatic carbocycles. The van der Waals surface area contributed by atoms with E-state index in [-0.39, 0.29) is 24.7 Å². The minimum absolute atomic E-state index is 0.0710. The summed E-state index contributed by atoms with van der Waals surface area (Å²) in [4.78, 5) is 71.9. The quantitative estimate of drug-likeness (QED) is 0.137.